The topological polar surface area (TPSA) is 23.5 Å². The molecule has 19 heavy (non-hydrogen) atoms. The quantitative estimate of drug-likeness (QED) is 0.844. The maximum Gasteiger partial charge on any atom is 0.128 e. The van der Waals surface area contributed by atoms with E-state index in [1.165, 1.54) is 5.56 Å². The summed E-state index contributed by atoms with van der Waals surface area (Å²) in [5.41, 5.74) is 2.29. The molecule has 0 saturated carbocycles. The third-order valence-electron chi connectivity index (χ3n) is 4.25. The van der Waals surface area contributed by atoms with Crippen LogP contribution in [0.5, 0.6) is 0 Å². The van der Waals surface area contributed by atoms with Crippen molar-refractivity contribution < 1.29 is 5.11 Å². The summed E-state index contributed by atoms with van der Waals surface area (Å²) >= 11 is 0. The zero-order valence-electron chi connectivity index (χ0n) is 11.4. The highest BCUT2D eigenvalue weighted by molar-refractivity contribution is 5.44. The predicted octanol–water partition coefficient (Wildman–Crippen LogP) is 2.93. The van der Waals surface area contributed by atoms with Gasteiger partial charge in [-0.2, -0.15) is 0 Å². The van der Waals surface area contributed by atoms with E-state index in [9.17, 15) is 5.11 Å². The van der Waals surface area contributed by atoms with Gasteiger partial charge in [0.1, 0.15) is 5.60 Å². The van der Waals surface area contributed by atoms with Crippen LogP contribution in [0.3, 0.4) is 0 Å². The van der Waals surface area contributed by atoms with Crippen molar-refractivity contribution in [2.75, 3.05) is 13.6 Å². The average Bonchev–Trinajstić information content (AvgIpc) is 2.46. The molecule has 0 fully saturated rings. The lowest BCUT2D eigenvalue weighted by Crippen LogP contribution is -2.46. The lowest BCUT2D eigenvalue weighted by molar-refractivity contribution is 0.0161. The number of likely N-dealkylation sites (N-methyl/N-ethyl adjacent to an activating group) is 1. The molecule has 2 heteroatoms. The van der Waals surface area contributed by atoms with E-state index in [0.29, 0.717) is 12.6 Å². The fourth-order valence-electron chi connectivity index (χ4n) is 3.02. The van der Waals surface area contributed by atoms with Gasteiger partial charge in [-0.05, 0) is 30.7 Å². The third kappa shape index (κ3) is 1.88. The molecule has 2 aromatic carbocycles. The Bertz CT molecular complexity index is 581. The number of fused-ring (bicyclic) bond motifs is 1. The van der Waals surface area contributed by atoms with Gasteiger partial charge in [-0.1, -0.05) is 54.6 Å². The Hall–Kier alpha value is -1.64. The molecule has 3 rings (SSSR count). The van der Waals surface area contributed by atoms with Gasteiger partial charge in [0.25, 0.3) is 0 Å². The lowest BCUT2D eigenvalue weighted by Gasteiger charge is -2.43. The second kappa shape index (κ2) is 4.48. The molecule has 2 aromatic rings. The minimum Gasteiger partial charge on any atom is -0.379 e. The molecular formula is C17H19NO. The normalized spacial score (nSPS) is 27.0. The molecule has 0 spiro atoms. The van der Waals surface area contributed by atoms with Crippen LogP contribution in [0, 0.1) is 0 Å². The highest BCUT2D eigenvalue weighted by Gasteiger charge is 2.40. The fourth-order valence-corrected chi connectivity index (χ4v) is 3.02. The van der Waals surface area contributed by atoms with Crippen molar-refractivity contribution in [3.8, 4) is 0 Å². The van der Waals surface area contributed by atoms with E-state index in [0.717, 1.165) is 11.1 Å². The van der Waals surface area contributed by atoms with E-state index in [4.69, 9.17) is 0 Å². The summed E-state index contributed by atoms with van der Waals surface area (Å²) in [6.07, 6.45) is 0. The molecule has 1 aliphatic heterocycles. The number of aliphatic hydroxyl groups is 1. The van der Waals surface area contributed by atoms with Gasteiger partial charge in [0.15, 0.2) is 0 Å². The van der Waals surface area contributed by atoms with Crippen LogP contribution in [-0.4, -0.2) is 23.6 Å². The average molecular weight is 253 g/mol. The summed E-state index contributed by atoms with van der Waals surface area (Å²) in [6, 6.07) is 18.5. The first-order valence-corrected chi connectivity index (χ1v) is 6.70. The molecule has 0 bridgehead atoms. The van der Waals surface area contributed by atoms with Gasteiger partial charge < -0.3 is 5.11 Å². The van der Waals surface area contributed by atoms with Gasteiger partial charge in [0.2, 0.25) is 0 Å². The van der Waals surface area contributed by atoms with E-state index in [1.54, 1.807) is 0 Å². The summed E-state index contributed by atoms with van der Waals surface area (Å²) in [4.78, 5) is 2.20. The van der Waals surface area contributed by atoms with Crippen molar-refractivity contribution in [3.63, 3.8) is 0 Å². The smallest absolute Gasteiger partial charge is 0.128 e. The summed E-state index contributed by atoms with van der Waals surface area (Å²) in [6.45, 7) is 2.80. The van der Waals surface area contributed by atoms with Crippen molar-refractivity contribution in [1.29, 1.82) is 0 Å². The van der Waals surface area contributed by atoms with Gasteiger partial charge in [-0.3, -0.25) is 4.90 Å². The first-order chi connectivity index (χ1) is 9.13. The Morgan fingerprint density at radius 1 is 1.05 bits per heavy atom. The molecular weight excluding hydrogens is 234 g/mol. The largest absolute Gasteiger partial charge is 0.379 e. The molecule has 0 aromatic heterocycles. The van der Waals surface area contributed by atoms with E-state index in [2.05, 4.69) is 24.9 Å². The Labute approximate surface area is 114 Å². The van der Waals surface area contributed by atoms with Crippen molar-refractivity contribution in [3.05, 3.63) is 71.3 Å². The maximum absolute atomic E-state index is 11.2. The molecule has 0 unspecified atom stereocenters. The Kier molecular flexibility index (Phi) is 2.92. The Morgan fingerprint density at radius 3 is 2.42 bits per heavy atom. The van der Waals surface area contributed by atoms with Crippen LogP contribution < -0.4 is 0 Å². The highest BCUT2D eigenvalue weighted by atomic mass is 16.3. The van der Waals surface area contributed by atoms with E-state index >= 15 is 0 Å². The van der Waals surface area contributed by atoms with Crippen molar-refractivity contribution in [1.82, 2.24) is 4.90 Å². The molecule has 0 aliphatic carbocycles. The fraction of sp³-hybridized carbons (Fsp3) is 0.294. The number of β-amino-alcohol motifs (C(OH)–C–C–N with tert-alkyl or cyclic N) is 1. The molecule has 0 amide bonds. The number of benzene rings is 2. The van der Waals surface area contributed by atoms with Crippen LogP contribution in [-0.2, 0) is 5.60 Å². The van der Waals surface area contributed by atoms with Crippen LogP contribution in [0.15, 0.2) is 54.6 Å². The number of hydrogen-bond donors (Lipinski definition) is 1. The zero-order valence-corrected chi connectivity index (χ0v) is 11.4. The van der Waals surface area contributed by atoms with Crippen LogP contribution in [0.25, 0.3) is 0 Å². The van der Waals surface area contributed by atoms with E-state index < -0.39 is 5.60 Å². The second-order valence-corrected chi connectivity index (χ2v) is 5.40. The number of rotatable bonds is 1. The standard InChI is InChI=1S/C17H19NO/c1-13-15-10-6-7-11-16(15)17(19,12-18(13)2)14-8-4-3-5-9-14/h3-11,13,19H,12H2,1-2H3/t13-,17-/m0/s1. The molecule has 1 aliphatic rings. The van der Waals surface area contributed by atoms with Crippen LogP contribution in [0.4, 0.5) is 0 Å². The SMILES string of the molecule is C[C@H]1c2ccccc2[C@@](O)(c2ccccc2)CN1C. The van der Waals surface area contributed by atoms with Gasteiger partial charge in [-0.15, -0.1) is 0 Å². The maximum atomic E-state index is 11.2. The highest BCUT2D eigenvalue weighted by Crippen LogP contribution is 2.41. The number of hydrogen-bond acceptors (Lipinski definition) is 2. The van der Waals surface area contributed by atoms with Crippen molar-refractivity contribution in [2.24, 2.45) is 0 Å². The van der Waals surface area contributed by atoms with Crippen molar-refractivity contribution >= 4 is 0 Å². The van der Waals surface area contributed by atoms with Gasteiger partial charge in [0, 0.05) is 12.6 Å². The second-order valence-electron chi connectivity index (χ2n) is 5.40. The Balaban J connectivity index is 2.20. The molecule has 1 N–H and O–H groups in total. The lowest BCUT2D eigenvalue weighted by atomic mass is 9.78. The van der Waals surface area contributed by atoms with E-state index in [1.807, 2.05) is 48.5 Å². The summed E-state index contributed by atoms with van der Waals surface area (Å²) in [5.74, 6) is 0. The first kappa shape index (κ1) is 12.4. The van der Waals surface area contributed by atoms with Crippen LogP contribution in [0.1, 0.15) is 29.7 Å². The first-order valence-electron chi connectivity index (χ1n) is 6.70. The summed E-state index contributed by atoms with van der Waals surface area (Å²) in [5, 5.41) is 11.2. The van der Waals surface area contributed by atoms with Gasteiger partial charge >= 0.3 is 0 Å². The molecule has 0 saturated heterocycles. The van der Waals surface area contributed by atoms with Crippen molar-refractivity contribution in [2.45, 2.75) is 18.6 Å². The van der Waals surface area contributed by atoms with Gasteiger partial charge in [-0.25, -0.2) is 0 Å². The molecule has 98 valence electrons. The van der Waals surface area contributed by atoms with Crippen LogP contribution in [0.2, 0.25) is 0 Å². The molecule has 0 radical (unpaired) electrons. The minimum atomic E-state index is -0.918. The summed E-state index contributed by atoms with van der Waals surface area (Å²) < 4.78 is 0. The molecule has 2 nitrogen and oxygen atoms in total. The third-order valence-corrected chi connectivity index (χ3v) is 4.25. The Morgan fingerprint density at radius 2 is 1.68 bits per heavy atom. The molecule has 1 heterocycles. The van der Waals surface area contributed by atoms with E-state index in [-0.39, 0.29) is 0 Å². The summed E-state index contributed by atoms with van der Waals surface area (Å²) in [7, 11) is 2.06. The zero-order chi connectivity index (χ0) is 13.5. The van der Waals surface area contributed by atoms with Gasteiger partial charge in [0.05, 0.1) is 0 Å². The molecule has 2 atom stereocenters. The monoisotopic (exact) mass is 253 g/mol. The predicted molar refractivity (Wildman–Crippen MR) is 76.9 cm³/mol. The minimum absolute atomic E-state index is 0.334. The van der Waals surface area contributed by atoms with Crippen LogP contribution >= 0.6 is 0 Å². The number of nitrogens with zero attached hydrogens (tertiary/aromatic N) is 1.